The van der Waals surface area contributed by atoms with Crippen LogP contribution in [0, 0.1) is 0 Å². The minimum absolute atomic E-state index is 0.0357. The molecule has 15 atom stereocenters. The van der Waals surface area contributed by atoms with Crippen molar-refractivity contribution in [3.05, 3.63) is 40.6 Å². The number of hydrogen-bond donors (Lipinski definition) is 12. The van der Waals surface area contributed by atoms with Crippen LogP contribution in [0.4, 0.5) is 0 Å². The topological polar surface area (TPSA) is 338 Å². The Morgan fingerprint density at radius 2 is 1.27 bits per heavy atom. The van der Waals surface area contributed by atoms with Crippen molar-refractivity contribution in [2.24, 2.45) is 0 Å². The van der Waals surface area contributed by atoms with Gasteiger partial charge in [-0.25, -0.2) is 0 Å². The van der Waals surface area contributed by atoms with Crippen molar-refractivity contribution in [3.8, 4) is 40.1 Å². The minimum atomic E-state index is -2.04. The second-order valence-electron chi connectivity index (χ2n) is 13.2. The molecule has 0 unspecified atom stereocenters. The van der Waals surface area contributed by atoms with E-state index in [0.717, 1.165) is 12.1 Å². The van der Waals surface area contributed by atoms with E-state index < -0.39 is 139 Å². The van der Waals surface area contributed by atoms with Crippen molar-refractivity contribution in [3.63, 3.8) is 0 Å². The molecular weight excluding hydrogens is 744 g/mol. The van der Waals surface area contributed by atoms with Gasteiger partial charge in [0.1, 0.15) is 83.5 Å². The summed E-state index contributed by atoms with van der Waals surface area (Å²) in [4.78, 5) is 14.1. The second-order valence-corrected chi connectivity index (χ2v) is 13.2. The summed E-state index contributed by atoms with van der Waals surface area (Å²) in [5.74, 6) is -2.69. The van der Waals surface area contributed by atoms with Crippen molar-refractivity contribution in [1.29, 1.82) is 0 Å². The molecule has 3 aliphatic rings. The number of hydrogen-bond acceptors (Lipinski definition) is 21. The molecule has 1 aromatic heterocycles. The van der Waals surface area contributed by atoms with Crippen LogP contribution in [0.5, 0.6) is 28.7 Å². The summed E-state index contributed by atoms with van der Waals surface area (Å²) in [6, 6.07) is 5.64. The Labute approximate surface area is 309 Å². The summed E-state index contributed by atoms with van der Waals surface area (Å²) in [5, 5.41) is 125. The molecular formula is C34H42O21. The summed E-state index contributed by atoms with van der Waals surface area (Å²) in [6.07, 6.45) is -26.9. The number of phenolic OH excluding ortho intramolecular Hbond substituents is 3. The third-order valence-electron chi connectivity index (χ3n) is 9.63. The number of aliphatic hydroxyl groups is 9. The number of rotatable bonds is 10. The molecule has 0 amide bonds. The number of ether oxygens (including phenoxy) is 7. The quantitative estimate of drug-likeness (QED) is 0.0946. The van der Waals surface area contributed by atoms with Gasteiger partial charge in [-0.1, -0.05) is 0 Å². The Morgan fingerprint density at radius 1 is 0.673 bits per heavy atom. The largest absolute Gasteiger partial charge is 0.508 e. The van der Waals surface area contributed by atoms with Gasteiger partial charge in [-0.05, 0) is 25.1 Å². The molecule has 0 bridgehead atoms. The van der Waals surface area contributed by atoms with Gasteiger partial charge in [-0.2, -0.15) is 0 Å². The third-order valence-corrected chi connectivity index (χ3v) is 9.63. The molecule has 0 radical (unpaired) electrons. The van der Waals surface area contributed by atoms with E-state index >= 15 is 0 Å². The lowest BCUT2D eigenvalue weighted by atomic mass is 9.96. The van der Waals surface area contributed by atoms with Crippen molar-refractivity contribution in [2.45, 2.75) is 99.0 Å². The van der Waals surface area contributed by atoms with Crippen molar-refractivity contribution in [1.82, 2.24) is 0 Å². The molecule has 4 heterocycles. The molecule has 2 aromatic carbocycles. The van der Waals surface area contributed by atoms with Gasteiger partial charge in [0.2, 0.25) is 17.5 Å². The zero-order chi connectivity index (χ0) is 40.0. The highest BCUT2D eigenvalue weighted by molar-refractivity contribution is 5.88. The molecule has 304 valence electrons. The number of benzene rings is 2. The van der Waals surface area contributed by atoms with Crippen LogP contribution in [0.25, 0.3) is 22.3 Å². The smallest absolute Gasteiger partial charge is 0.239 e. The minimum Gasteiger partial charge on any atom is -0.508 e. The zero-order valence-corrected chi connectivity index (χ0v) is 29.0. The van der Waals surface area contributed by atoms with Gasteiger partial charge in [0.05, 0.1) is 26.4 Å². The monoisotopic (exact) mass is 786 g/mol. The highest BCUT2D eigenvalue weighted by Crippen LogP contribution is 2.40. The van der Waals surface area contributed by atoms with Crippen LogP contribution in [0.2, 0.25) is 0 Å². The van der Waals surface area contributed by atoms with Crippen molar-refractivity contribution >= 4 is 11.0 Å². The Balaban J connectivity index is 1.41. The van der Waals surface area contributed by atoms with Crippen LogP contribution in [0.15, 0.2) is 39.5 Å². The molecule has 3 saturated heterocycles. The van der Waals surface area contributed by atoms with Gasteiger partial charge in [0, 0.05) is 17.7 Å². The fraction of sp³-hybridized carbons (Fsp3) is 0.559. The number of phenols is 3. The van der Waals surface area contributed by atoms with Crippen LogP contribution in [0.3, 0.4) is 0 Å². The highest BCUT2D eigenvalue weighted by atomic mass is 16.8. The number of aliphatic hydroxyl groups excluding tert-OH is 9. The lowest BCUT2D eigenvalue weighted by Gasteiger charge is -2.48. The predicted octanol–water partition coefficient (Wildman–Crippen LogP) is -3.56. The van der Waals surface area contributed by atoms with Crippen LogP contribution in [-0.2, 0) is 23.7 Å². The van der Waals surface area contributed by atoms with Crippen LogP contribution < -0.4 is 14.9 Å². The third kappa shape index (κ3) is 7.65. The van der Waals surface area contributed by atoms with Crippen molar-refractivity contribution < 1.29 is 98.9 Å². The Kier molecular flexibility index (Phi) is 12.1. The molecule has 0 spiro atoms. The average molecular weight is 787 g/mol. The zero-order valence-electron chi connectivity index (χ0n) is 29.0. The maximum atomic E-state index is 14.1. The van der Waals surface area contributed by atoms with E-state index in [9.17, 15) is 66.1 Å². The standard InChI is InChI=1S/C34H42O21/c1-10-20(40)25(45)30(54-32-27(47)24(44)21(41)17(8-35)51-32)33(49-10)55-31-26(46)22(42)18(9-36)52-34(31)53-29-23(43)19-14(39)6-12(37)7-16(19)50-28(29)11-3-4-13(38)15(5-11)48-2/h3-7,10,17-18,20-22,24-27,30-42,44-47H,8-9H2,1-2H3/t10-,17+,18+,20-,21+,22+,24-,25+,26-,27+,30+,31+,32-,33-,34+/m0/s1. The molecule has 0 aliphatic carbocycles. The average Bonchev–Trinajstić information content (AvgIpc) is 3.15. The number of methoxy groups -OCH3 is 1. The first-order chi connectivity index (χ1) is 26.1. The molecule has 3 aromatic rings. The SMILES string of the molecule is COc1cc(-c2oc3cc(O)cc(O)c3c(=O)c2O[C@H]2O[C@H](CO)[C@@H](O)[C@H](O)[C@H]2O[C@@H]2O[C@@H](C)[C@H](O)[C@@H](O)[C@H]2O[C@@H]2O[C@H](CO)[C@@H](O)[C@H](O)[C@H]2O)ccc1O. The van der Waals surface area contributed by atoms with E-state index in [1.807, 2.05) is 0 Å². The van der Waals surface area contributed by atoms with E-state index in [-0.39, 0.29) is 22.6 Å². The molecule has 6 rings (SSSR count). The first kappa shape index (κ1) is 40.7. The molecule has 12 N–H and O–H groups in total. The number of fused-ring (bicyclic) bond motifs is 1. The number of aromatic hydroxyl groups is 3. The fourth-order valence-electron chi connectivity index (χ4n) is 6.54. The Hall–Kier alpha value is -3.91. The van der Waals surface area contributed by atoms with Gasteiger partial charge in [-0.15, -0.1) is 0 Å². The van der Waals surface area contributed by atoms with Crippen LogP contribution >= 0.6 is 0 Å². The van der Waals surface area contributed by atoms with Gasteiger partial charge in [-0.3, -0.25) is 4.79 Å². The summed E-state index contributed by atoms with van der Waals surface area (Å²) < 4.78 is 45.8. The molecule has 3 fully saturated rings. The summed E-state index contributed by atoms with van der Waals surface area (Å²) >= 11 is 0. The van der Waals surface area contributed by atoms with Crippen LogP contribution in [0.1, 0.15) is 6.92 Å². The van der Waals surface area contributed by atoms with E-state index in [0.29, 0.717) is 0 Å². The maximum absolute atomic E-state index is 14.1. The lowest BCUT2D eigenvalue weighted by molar-refractivity contribution is -0.386. The van der Waals surface area contributed by atoms with Crippen molar-refractivity contribution in [2.75, 3.05) is 20.3 Å². The summed E-state index contributed by atoms with van der Waals surface area (Å²) in [6.45, 7) is -0.400. The molecule has 21 nitrogen and oxygen atoms in total. The summed E-state index contributed by atoms with van der Waals surface area (Å²) in [7, 11) is 1.25. The van der Waals surface area contributed by atoms with E-state index in [2.05, 4.69) is 0 Å². The van der Waals surface area contributed by atoms with E-state index in [1.165, 1.54) is 32.2 Å². The van der Waals surface area contributed by atoms with E-state index in [4.69, 9.17) is 37.6 Å². The first-order valence-corrected chi connectivity index (χ1v) is 16.9. The summed E-state index contributed by atoms with van der Waals surface area (Å²) in [5.41, 5.74) is -1.34. The second kappa shape index (κ2) is 16.3. The van der Waals surface area contributed by atoms with Gasteiger partial charge in [0.25, 0.3) is 0 Å². The normalized spacial score (nSPS) is 36.8. The Bertz CT molecular complexity index is 1870. The molecule has 3 aliphatic heterocycles. The van der Waals surface area contributed by atoms with Crippen LogP contribution in [-0.4, -0.2) is 174 Å². The van der Waals surface area contributed by atoms with Gasteiger partial charge < -0.3 is 98.9 Å². The first-order valence-electron chi connectivity index (χ1n) is 16.9. The highest BCUT2D eigenvalue weighted by Gasteiger charge is 2.54. The van der Waals surface area contributed by atoms with Gasteiger partial charge >= 0.3 is 0 Å². The lowest BCUT2D eigenvalue weighted by Crippen LogP contribution is -2.66. The maximum Gasteiger partial charge on any atom is 0.239 e. The Morgan fingerprint density at radius 3 is 1.93 bits per heavy atom. The molecule has 0 saturated carbocycles. The van der Waals surface area contributed by atoms with E-state index in [1.54, 1.807) is 0 Å². The predicted molar refractivity (Wildman–Crippen MR) is 178 cm³/mol. The molecule has 55 heavy (non-hydrogen) atoms. The molecule has 21 heteroatoms. The fourth-order valence-corrected chi connectivity index (χ4v) is 6.54. The van der Waals surface area contributed by atoms with Gasteiger partial charge in [0.15, 0.2) is 35.9 Å².